The number of fused-ring (bicyclic) bond motifs is 1. The number of ether oxygens (including phenoxy) is 1. The first-order chi connectivity index (χ1) is 19.1. The van der Waals surface area contributed by atoms with Crippen LogP contribution in [0.2, 0.25) is 0 Å². The second-order valence-electron chi connectivity index (χ2n) is 9.90. The Bertz CT molecular complexity index is 1340. The van der Waals surface area contributed by atoms with Crippen LogP contribution in [0.5, 0.6) is 5.75 Å². The van der Waals surface area contributed by atoms with Gasteiger partial charge in [-0.05, 0) is 49.4 Å². The van der Waals surface area contributed by atoms with E-state index in [9.17, 15) is 19.5 Å². The minimum Gasteiger partial charge on any atom is -0.487 e. The highest BCUT2D eigenvalue weighted by atomic mass is 16.5. The predicted molar refractivity (Wildman–Crippen MR) is 142 cm³/mol. The fourth-order valence-corrected chi connectivity index (χ4v) is 4.34. The number of carbonyl (C=O) groups excluding carboxylic acids is 3. The van der Waals surface area contributed by atoms with Crippen LogP contribution in [0.1, 0.15) is 35.7 Å². The Morgan fingerprint density at radius 1 is 1.27 bits per heavy atom. The highest BCUT2D eigenvalue weighted by Crippen LogP contribution is 2.31. The van der Waals surface area contributed by atoms with Gasteiger partial charge in [-0.25, -0.2) is 9.48 Å². The minimum absolute atomic E-state index is 0.107. The molecule has 0 fully saturated rings. The number of aliphatic hydroxyl groups excluding tert-OH is 1. The van der Waals surface area contributed by atoms with Gasteiger partial charge in [0.25, 0.3) is 5.91 Å². The molecule has 0 bridgehead atoms. The summed E-state index contributed by atoms with van der Waals surface area (Å²) in [5, 5.41) is 30.0. The SMILES string of the molecule is Cc1noc(C)c1NC(=O)N(C)C[C@@H]1Oc2ccc(NC(=O)Cn3cnnn3)cc2C(=O)N([C@H](C)CO)C[C@H]1C. The Hall–Kier alpha value is -4.53. The van der Waals surface area contributed by atoms with Crippen LogP contribution in [0.4, 0.5) is 16.2 Å². The van der Waals surface area contributed by atoms with Crippen molar-refractivity contribution in [1.29, 1.82) is 0 Å². The monoisotopic (exact) mass is 555 g/mol. The second kappa shape index (κ2) is 12.1. The number of hydrogen-bond acceptors (Lipinski definition) is 10. The first-order valence-electron chi connectivity index (χ1n) is 12.8. The first-order valence-corrected chi connectivity index (χ1v) is 12.8. The Labute approximate surface area is 230 Å². The molecule has 0 saturated carbocycles. The summed E-state index contributed by atoms with van der Waals surface area (Å²) in [5.74, 6) is -0.130. The number of carbonyl (C=O) groups is 3. The number of hydrogen-bond donors (Lipinski definition) is 3. The molecule has 0 radical (unpaired) electrons. The molecule has 1 aromatic carbocycles. The van der Waals surface area contributed by atoms with E-state index >= 15 is 0 Å². The molecule has 40 heavy (non-hydrogen) atoms. The summed E-state index contributed by atoms with van der Waals surface area (Å²) in [7, 11) is 1.64. The molecule has 4 amide bonds. The van der Waals surface area contributed by atoms with E-state index in [1.165, 1.54) is 22.0 Å². The normalized spacial score (nSPS) is 17.8. The lowest BCUT2D eigenvalue weighted by molar-refractivity contribution is -0.116. The van der Waals surface area contributed by atoms with Crippen LogP contribution in [0.25, 0.3) is 0 Å². The topological polar surface area (TPSA) is 181 Å². The first kappa shape index (κ1) is 28.5. The largest absolute Gasteiger partial charge is 0.487 e. The van der Waals surface area contributed by atoms with E-state index in [0.29, 0.717) is 28.6 Å². The van der Waals surface area contributed by atoms with Crippen LogP contribution in [0.3, 0.4) is 0 Å². The van der Waals surface area contributed by atoms with Crippen LogP contribution in [0, 0.1) is 19.8 Å². The number of tetrazole rings is 1. The van der Waals surface area contributed by atoms with Crippen molar-refractivity contribution >= 4 is 29.2 Å². The van der Waals surface area contributed by atoms with E-state index in [4.69, 9.17) is 9.26 Å². The number of rotatable bonds is 8. The molecule has 3 heterocycles. The van der Waals surface area contributed by atoms with E-state index in [-0.39, 0.29) is 55.6 Å². The zero-order valence-corrected chi connectivity index (χ0v) is 23.0. The fourth-order valence-electron chi connectivity index (χ4n) is 4.34. The molecular formula is C25H33N9O6. The maximum Gasteiger partial charge on any atom is 0.321 e. The summed E-state index contributed by atoms with van der Waals surface area (Å²) < 4.78 is 12.7. The van der Waals surface area contributed by atoms with Crippen LogP contribution in [0.15, 0.2) is 29.0 Å². The van der Waals surface area contributed by atoms with Gasteiger partial charge >= 0.3 is 6.03 Å². The minimum atomic E-state index is -0.499. The molecule has 0 saturated heterocycles. The summed E-state index contributed by atoms with van der Waals surface area (Å²) in [6, 6.07) is 3.93. The van der Waals surface area contributed by atoms with Crippen LogP contribution < -0.4 is 15.4 Å². The molecule has 15 heteroatoms. The number of urea groups is 1. The van der Waals surface area contributed by atoms with E-state index in [1.54, 1.807) is 44.9 Å². The van der Waals surface area contributed by atoms with Crippen molar-refractivity contribution in [3.8, 4) is 5.75 Å². The zero-order chi connectivity index (χ0) is 29.0. The number of nitrogens with zero attached hydrogens (tertiary/aromatic N) is 7. The third kappa shape index (κ3) is 6.36. The molecule has 0 unspecified atom stereocenters. The van der Waals surface area contributed by atoms with Gasteiger partial charge in [0.2, 0.25) is 5.91 Å². The molecule has 1 aliphatic heterocycles. The average Bonchev–Trinajstić information content (AvgIpc) is 3.55. The van der Waals surface area contributed by atoms with E-state index in [2.05, 4.69) is 31.3 Å². The standard InChI is InChI=1S/C25H33N9O6/c1-14-9-34(15(2)12-35)24(37)19-8-18(27-22(36)11-33-13-26-30-31-33)6-7-20(19)39-21(14)10-32(5)25(38)28-23-16(3)29-40-17(23)4/h6-8,13-15,21,35H,9-12H2,1-5H3,(H,27,36)(H,28,38)/t14-,15-,21+/m1/s1. The van der Waals surface area contributed by atoms with Gasteiger partial charge in [-0.1, -0.05) is 12.1 Å². The summed E-state index contributed by atoms with van der Waals surface area (Å²) in [6.45, 7) is 7.26. The molecule has 2 aromatic heterocycles. The van der Waals surface area contributed by atoms with Crippen molar-refractivity contribution in [2.24, 2.45) is 5.92 Å². The lowest BCUT2D eigenvalue weighted by Crippen LogP contribution is -2.50. The third-order valence-electron chi connectivity index (χ3n) is 6.71. The molecular weight excluding hydrogens is 522 g/mol. The van der Waals surface area contributed by atoms with Crippen molar-refractivity contribution in [3.05, 3.63) is 41.5 Å². The second-order valence-corrected chi connectivity index (χ2v) is 9.90. The third-order valence-corrected chi connectivity index (χ3v) is 6.71. The van der Waals surface area contributed by atoms with Gasteiger partial charge in [-0.15, -0.1) is 5.10 Å². The lowest BCUT2D eigenvalue weighted by Gasteiger charge is -2.38. The quantitative estimate of drug-likeness (QED) is 0.366. The molecule has 15 nitrogen and oxygen atoms in total. The lowest BCUT2D eigenvalue weighted by atomic mass is 9.99. The molecule has 0 aliphatic carbocycles. The summed E-state index contributed by atoms with van der Waals surface area (Å²) >= 11 is 0. The maximum absolute atomic E-state index is 13.6. The van der Waals surface area contributed by atoms with E-state index < -0.39 is 12.1 Å². The highest BCUT2D eigenvalue weighted by Gasteiger charge is 2.34. The van der Waals surface area contributed by atoms with E-state index in [1.807, 2.05) is 6.92 Å². The number of anilines is 2. The van der Waals surface area contributed by atoms with Gasteiger partial charge in [-0.2, -0.15) is 0 Å². The van der Waals surface area contributed by atoms with Gasteiger partial charge in [0.1, 0.15) is 36.1 Å². The molecule has 3 atom stereocenters. The molecule has 3 aromatic rings. The number of nitrogens with one attached hydrogen (secondary N) is 2. The molecule has 214 valence electrons. The Kier molecular flexibility index (Phi) is 8.62. The molecule has 0 spiro atoms. The zero-order valence-electron chi connectivity index (χ0n) is 23.0. The van der Waals surface area contributed by atoms with Gasteiger partial charge in [0, 0.05) is 25.2 Å². The number of aryl methyl sites for hydroxylation is 2. The Balaban J connectivity index is 1.56. The molecule has 3 N–H and O–H groups in total. The molecule has 1 aliphatic rings. The number of likely N-dealkylation sites (N-methyl/N-ethyl adjacent to an activating group) is 1. The summed E-state index contributed by atoms with van der Waals surface area (Å²) in [6.07, 6.45) is 0.819. The van der Waals surface area contributed by atoms with Crippen LogP contribution in [-0.4, -0.2) is 97.0 Å². The fraction of sp³-hybridized carbons (Fsp3) is 0.480. The van der Waals surface area contributed by atoms with Gasteiger partial charge in [0.05, 0.1) is 24.8 Å². The predicted octanol–water partition coefficient (Wildman–Crippen LogP) is 1.30. The smallest absolute Gasteiger partial charge is 0.321 e. The van der Waals surface area contributed by atoms with Crippen molar-refractivity contribution in [2.45, 2.75) is 46.4 Å². The summed E-state index contributed by atoms with van der Waals surface area (Å²) in [4.78, 5) is 42.1. The van der Waals surface area contributed by atoms with Gasteiger partial charge in [-0.3, -0.25) is 9.59 Å². The van der Waals surface area contributed by atoms with Crippen LogP contribution in [-0.2, 0) is 11.3 Å². The van der Waals surface area contributed by atoms with Crippen molar-refractivity contribution < 1.29 is 28.8 Å². The van der Waals surface area contributed by atoms with Crippen molar-refractivity contribution in [1.82, 2.24) is 35.2 Å². The van der Waals surface area contributed by atoms with E-state index in [0.717, 1.165) is 0 Å². The Morgan fingerprint density at radius 3 is 2.70 bits per heavy atom. The van der Waals surface area contributed by atoms with Crippen molar-refractivity contribution in [2.75, 3.05) is 37.4 Å². The Morgan fingerprint density at radius 2 is 2.05 bits per heavy atom. The number of amides is 4. The van der Waals surface area contributed by atoms with Gasteiger partial charge in [0.15, 0.2) is 5.76 Å². The molecule has 4 rings (SSSR count). The number of aliphatic hydroxyl groups is 1. The number of benzene rings is 1. The maximum atomic E-state index is 13.6. The summed E-state index contributed by atoms with van der Waals surface area (Å²) in [5.41, 5.74) is 1.68. The number of aromatic nitrogens is 5. The average molecular weight is 556 g/mol. The highest BCUT2D eigenvalue weighted by molar-refractivity contribution is 6.00. The van der Waals surface area contributed by atoms with Crippen molar-refractivity contribution in [3.63, 3.8) is 0 Å². The van der Waals surface area contributed by atoms with Crippen LogP contribution >= 0.6 is 0 Å². The van der Waals surface area contributed by atoms with Gasteiger partial charge < -0.3 is 34.8 Å².